The maximum absolute atomic E-state index is 11.8. The highest BCUT2D eigenvalue weighted by Gasteiger charge is 2.08. The van der Waals surface area contributed by atoms with E-state index in [1.165, 1.54) is 35.4 Å². The number of hydrogen-bond acceptors (Lipinski definition) is 4. The van der Waals surface area contributed by atoms with Crippen LogP contribution in [0.1, 0.15) is 10.4 Å². The topological polar surface area (TPSA) is 97.1 Å². The van der Waals surface area contributed by atoms with Gasteiger partial charge in [-0.1, -0.05) is 11.6 Å². The molecule has 8 heteroatoms. The minimum atomic E-state index is -1.01. The number of rotatable bonds is 4. The zero-order valence-electron chi connectivity index (χ0n) is 9.58. The van der Waals surface area contributed by atoms with Gasteiger partial charge in [-0.05, 0) is 12.1 Å². The number of aromatic nitrogens is 3. The van der Waals surface area contributed by atoms with Crippen molar-refractivity contribution < 1.29 is 14.7 Å². The summed E-state index contributed by atoms with van der Waals surface area (Å²) in [5, 5.41) is 15.3. The highest BCUT2D eigenvalue weighted by Crippen LogP contribution is 2.09. The Bertz CT molecular complexity index is 609. The molecule has 1 amide bonds. The molecule has 0 unspecified atom stereocenters. The Morgan fingerprint density at radius 1 is 1.37 bits per heavy atom. The Morgan fingerprint density at radius 2 is 2.16 bits per heavy atom. The third-order valence-corrected chi connectivity index (χ3v) is 2.40. The van der Waals surface area contributed by atoms with Gasteiger partial charge in [0.15, 0.2) is 0 Å². The molecule has 2 aromatic heterocycles. The molecule has 0 aliphatic carbocycles. The van der Waals surface area contributed by atoms with Crippen molar-refractivity contribution in [2.45, 2.75) is 6.54 Å². The molecule has 2 rings (SSSR count). The lowest BCUT2D eigenvalue weighted by molar-refractivity contribution is -0.137. The van der Waals surface area contributed by atoms with E-state index in [4.69, 9.17) is 16.7 Å². The second-order valence-electron chi connectivity index (χ2n) is 3.64. The van der Waals surface area contributed by atoms with Crippen LogP contribution in [-0.4, -0.2) is 31.7 Å². The van der Waals surface area contributed by atoms with E-state index in [1.54, 1.807) is 0 Å². The average molecular weight is 281 g/mol. The van der Waals surface area contributed by atoms with Gasteiger partial charge in [0.05, 0.1) is 17.4 Å². The molecule has 98 valence electrons. The summed E-state index contributed by atoms with van der Waals surface area (Å²) in [6.07, 6.45) is 4.14. The molecule has 0 saturated carbocycles. The van der Waals surface area contributed by atoms with Crippen molar-refractivity contribution in [1.29, 1.82) is 0 Å². The van der Waals surface area contributed by atoms with E-state index in [0.29, 0.717) is 16.4 Å². The van der Waals surface area contributed by atoms with Gasteiger partial charge in [-0.3, -0.25) is 14.3 Å². The maximum atomic E-state index is 11.8. The van der Waals surface area contributed by atoms with Crippen molar-refractivity contribution in [3.8, 4) is 0 Å². The third kappa shape index (κ3) is 3.52. The van der Waals surface area contributed by atoms with Crippen LogP contribution in [0.4, 0.5) is 5.69 Å². The molecule has 0 fully saturated rings. The fourth-order valence-electron chi connectivity index (χ4n) is 1.37. The lowest BCUT2D eigenvalue weighted by atomic mass is 10.2. The summed E-state index contributed by atoms with van der Waals surface area (Å²) in [5.41, 5.74) is 0.747. The monoisotopic (exact) mass is 280 g/mol. The first-order chi connectivity index (χ1) is 9.04. The molecule has 0 spiro atoms. The van der Waals surface area contributed by atoms with Crippen molar-refractivity contribution in [2.24, 2.45) is 0 Å². The summed E-state index contributed by atoms with van der Waals surface area (Å²) in [6, 6.07) is 3.04. The van der Waals surface area contributed by atoms with Gasteiger partial charge < -0.3 is 10.4 Å². The summed E-state index contributed by atoms with van der Waals surface area (Å²) in [7, 11) is 0. The molecule has 0 bridgehead atoms. The lowest BCUT2D eigenvalue weighted by Gasteiger charge is -2.01. The van der Waals surface area contributed by atoms with Gasteiger partial charge in [-0.25, -0.2) is 4.98 Å². The largest absolute Gasteiger partial charge is 0.480 e. The zero-order chi connectivity index (χ0) is 13.8. The number of nitrogens with one attached hydrogen (secondary N) is 1. The molecule has 0 aliphatic rings. The highest BCUT2D eigenvalue weighted by atomic mass is 35.5. The quantitative estimate of drug-likeness (QED) is 0.822. The number of aliphatic carboxylic acids is 1. The van der Waals surface area contributed by atoms with Crippen LogP contribution in [-0.2, 0) is 11.3 Å². The fourth-order valence-corrected chi connectivity index (χ4v) is 1.48. The summed E-state index contributed by atoms with van der Waals surface area (Å²) in [6.45, 7) is -0.266. The van der Waals surface area contributed by atoms with Gasteiger partial charge in [0.1, 0.15) is 11.7 Å². The summed E-state index contributed by atoms with van der Waals surface area (Å²) < 4.78 is 1.21. The Labute approximate surface area is 112 Å². The van der Waals surface area contributed by atoms with Crippen molar-refractivity contribution in [3.05, 3.63) is 41.4 Å². The number of carboxylic acids is 1. The number of carbonyl (C=O) groups is 2. The fraction of sp³-hybridized carbons (Fsp3) is 0.0909. The SMILES string of the molecule is O=C(O)Cn1cc(NC(=O)c2ccc(Cl)nc2)cn1. The summed E-state index contributed by atoms with van der Waals surface area (Å²) in [4.78, 5) is 26.1. The maximum Gasteiger partial charge on any atom is 0.325 e. The number of anilines is 1. The number of halogens is 1. The van der Waals surface area contributed by atoms with Gasteiger partial charge in [0.2, 0.25) is 0 Å². The number of pyridine rings is 1. The Hall–Kier alpha value is -2.41. The molecular weight excluding hydrogens is 272 g/mol. The lowest BCUT2D eigenvalue weighted by Crippen LogP contribution is -2.12. The minimum Gasteiger partial charge on any atom is -0.480 e. The van der Waals surface area contributed by atoms with Crippen LogP contribution < -0.4 is 5.32 Å². The molecule has 0 aromatic carbocycles. The van der Waals surface area contributed by atoms with E-state index in [9.17, 15) is 9.59 Å². The Balaban J connectivity index is 2.04. The predicted molar refractivity (Wildman–Crippen MR) is 67.1 cm³/mol. The molecule has 2 N–H and O–H groups in total. The van der Waals surface area contributed by atoms with Crippen LogP contribution in [0, 0.1) is 0 Å². The number of hydrogen-bond donors (Lipinski definition) is 2. The average Bonchev–Trinajstić information content (AvgIpc) is 2.76. The molecule has 0 aliphatic heterocycles. The number of carboxylic acid groups (broad SMARTS) is 1. The van der Waals surface area contributed by atoms with Crippen LogP contribution >= 0.6 is 11.6 Å². The van der Waals surface area contributed by atoms with Gasteiger partial charge in [0.25, 0.3) is 5.91 Å². The molecule has 2 aromatic rings. The molecular formula is C11H9ClN4O3. The van der Waals surface area contributed by atoms with Crippen LogP contribution in [0.5, 0.6) is 0 Å². The molecule has 0 radical (unpaired) electrons. The van der Waals surface area contributed by atoms with E-state index >= 15 is 0 Å². The van der Waals surface area contributed by atoms with Gasteiger partial charge in [-0.15, -0.1) is 0 Å². The molecule has 0 saturated heterocycles. The first-order valence-electron chi connectivity index (χ1n) is 5.22. The van der Waals surface area contributed by atoms with Gasteiger partial charge in [0, 0.05) is 12.4 Å². The van der Waals surface area contributed by atoms with Crippen LogP contribution in [0.2, 0.25) is 5.15 Å². The molecule has 0 atom stereocenters. The van der Waals surface area contributed by atoms with Crippen LogP contribution in [0.25, 0.3) is 0 Å². The first-order valence-corrected chi connectivity index (χ1v) is 5.59. The molecule has 2 heterocycles. The van der Waals surface area contributed by atoms with Crippen molar-refractivity contribution in [2.75, 3.05) is 5.32 Å². The summed E-state index contributed by atoms with van der Waals surface area (Å²) in [5.74, 6) is -1.39. The van der Waals surface area contributed by atoms with E-state index in [-0.39, 0.29) is 12.5 Å². The standard InChI is InChI=1S/C11H9ClN4O3/c12-9-2-1-7(3-13-9)11(19)15-8-4-14-16(5-8)6-10(17)18/h1-5H,6H2,(H,15,19)(H,17,18). The predicted octanol–water partition coefficient (Wildman–Crippen LogP) is 1.27. The number of nitrogens with zero attached hydrogens (tertiary/aromatic N) is 3. The zero-order valence-corrected chi connectivity index (χ0v) is 10.3. The van der Waals surface area contributed by atoms with E-state index < -0.39 is 5.97 Å². The van der Waals surface area contributed by atoms with Gasteiger partial charge in [-0.2, -0.15) is 5.10 Å². The normalized spacial score (nSPS) is 10.2. The summed E-state index contributed by atoms with van der Waals surface area (Å²) >= 11 is 5.62. The second-order valence-corrected chi connectivity index (χ2v) is 4.03. The molecule has 19 heavy (non-hydrogen) atoms. The van der Waals surface area contributed by atoms with Crippen molar-refractivity contribution >= 4 is 29.2 Å². The molecule has 7 nitrogen and oxygen atoms in total. The van der Waals surface area contributed by atoms with Crippen molar-refractivity contribution in [3.63, 3.8) is 0 Å². The van der Waals surface area contributed by atoms with Crippen molar-refractivity contribution in [1.82, 2.24) is 14.8 Å². The number of amides is 1. The number of carbonyl (C=O) groups excluding carboxylic acids is 1. The Kier molecular flexibility index (Phi) is 3.76. The van der Waals surface area contributed by atoms with Crippen LogP contribution in [0.15, 0.2) is 30.7 Å². The van der Waals surface area contributed by atoms with Gasteiger partial charge >= 0.3 is 5.97 Å². The van der Waals surface area contributed by atoms with Crippen LogP contribution in [0.3, 0.4) is 0 Å². The highest BCUT2D eigenvalue weighted by molar-refractivity contribution is 6.29. The van der Waals surface area contributed by atoms with E-state index in [2.05, 4.69) is 15.4 Å². The second kappa shape index (κ2) is 5.49. The smallest absolute Gasteiger partial charge is 0.325 e. The third-order valence-electron chi connectivity index (χ3n) is 2.18. The van der Waals surface area contributed by atoms with E-state index in [1.807, 2.05) is 0 Å². The Morgan fingerprint density at radius 3 is 2.79 bits per heavy atom. The van der Waals surface area contributed by atoms with E-state index in [0.717, 1.165) is 0 Å². The minimum absolute atomic E-state index is 0.266. The first kappa shape index (κ1) is 13.0.